The molecule has 0 saturated carbocycles. The van der Waals surface area contributed by atoms with E-state index in [-0.39, 0.29) is 34.5 Å². The Labute approximate surface area is 199 Å². The van der Waals surface area contributed by atoms with Crippen molar-refractivity contribution in [3.8, 4) is 17.2 Å². The topological polar surface area (TPSA) is 170 Å². The van der Waals surface area contributed by atoms with E-state index in [1.165, 1.54) is 32.5 Å². The number of methoxy groups -OCH3 is 2. The third-order valence-electron chi connectivity index (χ3n) is 5.27. The molecule has 12 heteroatoms. The summed E-state index contributed by atoms with van der Waals surface area (Å²) in [6.45, 7) is 0. The van der Waals surface area contributed by atoms with Crippen molar-refractivity contribution in [1.29, 1.82) is 5.41 Å². The van der Waals surface area contributed by atoms with Gasteiger partial charge in [0.2, 0.25) is 0 Å². The number of hydrogen-bond acceptors (Lipinski definition) is 8. The summed E-state index contributed by atoms with van der Waals surface area (Å²) in [6.07, 6.45) is 1.49. The van der Waals surface area contributed by atoms with Crippen molar-refractivity contribution in [2.45, 2.75) is 6.04 Å². The maximum absolute atomic E-state index is 15.5. The number of pyridine rings is 1. The molecule has 0 unspecified atom stereocenters. The summed E-state index contributed by atoms with van der Waals surface area (Å²) in [5.41, 5.74) is 12.3. The van der Waals surface area contributed by atoms with Crippen molar-refractivity contribution >= 4 is 17.3 Å². The Morgan fingerprint density at radius 1 is 1.20 bits per heavy atom. The standard InChI is InChI=1S/C23H23FN8O3/c1-34-14-10-15(18(24)17(11-14)35-2)19(29-13-7-5-12(6-8-13)20(25)26)22-30-23(33)32(31-22)16-4-3-9-28-21(16)27/h3-11,19,29H,1-2H3,(H3,25,26)(H2,27,28)(H,30,31,33)/t19-/m0/s1. The molecule has 0 saturated heterocycles. The summed E-state index contributed by atoms with van der Waals surface area (Å²) in [7, 11) is 2.79. The zero-order chi connectivity index (χ0) is 25.1. The normalized spacial score (nSPS) is 11.6. The number of nitrogens with zero attached hydrogens (tertiary/aromatic N) is 3. The van der Waals surface area contributed by atoms with Crippen molar-refractivity contribution < 1.29 is 13.9 Å². The van der Waals surface area contributed by atoms with Gasteiger partial charge in [-0.15, -0.1) is 5.10 Å². The van der Waals surface area contributed by atoms with Crippen LogP contribution in [0.15, 0.2) is 59.5 Å². The van der Waals surface area contributed by atoms with Crippen molar-refractivity contribution in [3.63, 3.8) is 0 Å². The zero-order valence-corrected chi connectivity index (χ0v) is 18.9. The number of H-pyrrole nitrogens is 1. The molecule has 1 atom stereocenters. The number of benzene rings is 2. The van der Waals surface area contributed by atoms with Gasteiger partial charge >= 0.3 is 5.69 Å². The van der Waals surface area contributed by atoms with Crippen LogP contribution in [0.1, 0.15) is 23.0 Å². The second-order valence-corrected chi connectivity index (χ2v) is 7.44. The minimum Gasteiger partial charge on any atom is -0.497 e. The average Bonchev–Trinajstić information content (AvgIpc) is 3.24. The van der Waals surface area contributed by atoms with E-state index >= 15 is 4.39 Å². The van der Waals surface area contributed by atoms with Crippen molar-refractivity contribution in [3.05, 3.63) is 88.0 Å². The Hall–Kier alpha value is -4.87. The minimum atomic E-state index is -0.978. The highest BCUT2D eigenvalue weighted by Crippen LogP contribution is 2.34. The van der Waals surface area contributed by atoms with Crippen molar-refractivity contribution in [2.24, 2.45) is 5.73 Å². The van der Waals surface area contributed by atoms with Crippen LogP contribution in [0.3, 0.4) is 0 Å². The van der Waals surface area contributed by atoms with Crippen molar-refractivity contribution in [2.75, 3.05) is 25.3 Å². The third-order valence-corrected chi connectivity index (χ3v) is 5.27. The molecule has 0 spiro atoms. The van der Waals surface area contributed by atoms with Crippen LogP contribution in [-0.2, 0) is 0 Å². The Morgan fingerprint density at radius 3 is 2.57 bits per heavy atom. The quantitative estimate of drug-likeness (QED) is 0.189. The summed E-state index contributed by atoms with van der Waals surface area (Å²) in [5.74, 6) is -0.253. The number of rotatable bonds is 8. The van der Waals surface area contributed by atoms with Crippen LogP contribution in [-0.4, -0.2) is 39.8 Å². The number of nitrogens with one attached hydrogen (secondary N) is 3. The Balaban J connectivity index is 1.86. The average molecular weight is 478 g/mol. The maximum atomic E-state index is 15.5. The summed E-state index contributed by atoms with van der Waals surface area (Å²) in [6, 6.07) is 11.8. The predicted molar refractivity (Wildman–Crippen MR) is 129 cm³/mol. The van der Waals surface area contributed by atoms with E-state index in [9.17, 15) is 4.79 Å². The number of hydrogen-bond donors (Lipinski definition) is 5. The monoisotopic (exact) mass is 478 g/mol. The summed E-state index contributed by atoms with van der Waals surface area (Å²) >= 11 is 0. The molecule has 2 aromatic carbocycles. The molecule has 4 rings (SSSR count). The molecular weight excluding hydrogens is 455 g/mol. The first-order valence-electron chi connectivity index (χ1n) is 10.3. The van der Waals surface area contributed by atoms with Crippen LogP contribution in [0, 0.1) is 11.2 Å². The molecule has 0 aliphatic rings. The molecule has 35 heavy (non-hydrogen) atoms. The molecule has 2 aromatic heterocycles. The first-order valence-corrected chi connectivity index (χ1v) is 10.3. The number of amidine groups is 1. The minimum absolute atomic E-state index is 0.0450. The highest BCUT2D eigenvalue weighted by atomic mass is 19.1. The smallest absolute Gasteiger partial charge is 0.348 e. The van der Waals surface area contributed by atoms with Gasteiger partial charge in [0, 0.05) is 29.1 Å². The maximum Gasteiger partial charge on any atom is 0.348 e. The van der Waals surface area contributed by atoms with Gasteiger partial charge in [-0.25, -0.2) is 14.2 Å². The Bertz CT molecular complexity index is 1430. The van der Waals surface area contributed by atoms with Gasteiger partial charge in [0.05, 0.1) is 14.2 Å². The van der Waals surface area contributed by atoms with Gasteiger partial charge in [0.15, 0.2) is 17.4 Å². The fourth-order valence-electron chi connectivity index (χ4n) is 3.50. The molecule has 0 aliphatic carbocycles. The second kappa shape index (κ2) is 9.55. The summed E-state index contributed by atoms with van der Waals surface area (Å²) in [4.78, 5) is 19.4. The molecule has 7 N–H and O–H groups in total. The number of nitrogen functional groups attached to an aromatic ring is 2. The number of aromatic nitrogens is 4. The van der Waals surface area contributed by atoms with Crippen molar-refractivity contribution in [1.82, 2.24) is 19.7 Å². The summed E-state index contributed by atoms with van der Waals surface area (Å²) in [5, 5.41) is 15.1. The first-order chi connectivity index (χ1) is 16.8. The summed E-state index contributed by atoms with van der Waals surface area (Å²) < 4.78 is 27.0. The van der Waals surface area contributed by atoms with Crippen LogP contribution in [0.2, 0.25) is 0 Å². The van der Waals surface area contributed by atoms with Crippen LogP contribution in [0.5, 0.6) is 11.5 Å². The number of aromatic amines is 1. The Morgan fingerprint density at radius 2 is 1.94 bits per heavy atom. The van der Waals surface area contributed by atoms with E-state index in [4.69, 9.17) is 26.4 Å². The highest BCUT2D eigenvalue weighted by molar-refractivity contribution is 5.95. The molecular formula is C23H23FN8O3. The molecule has 0 aliphatic heterocycles. The molecule has 11 nitrogen and oxygen atoms in total. The van der Waals surface area contributed by atoms with Gasteiger partial charge in [-0.2, -0.15) is 4.68 Å². The fraction of sp³-hybridized carbons (Fsp3) is 0.130. The predicted octanol–water partition coefficient (Wildman–Crippen LogP) is 2.18. The van der Waals surface area contributed by atoms with Crippen LogP contribution in [0.4, 0.5) is 15.9 Å². The van der Waals surface area contributed by atoms with E-state index in [1.54, 1.807) is 36.4 Å². The number of nitrogens with two attached hydrogens (primary N) is 2. The largest absolute Gasteiger partial charge is 0.497 e. The number of halogens is 1. The molecule has 0 fully saturated rings. The van der Waals surface area contributed by atoms with E-state index in [1.807, 2.05) is 0 Å². The van der Waals surface area contributed by atoms with E-state index in [2.05, 4.69) is 20.4 Å². The van der Waals surface area contributed by atoms with Gasteiger partial charge in [-0.05, 0) is 42.5 Å². The van der Waals surface area contributed by atoms with Gasteiger partial charge in [0.25, 0.3) is 0 Å². The van der Waals surface area contributed by atoms with E-state index in [0.717, 1.165) is 4.68 Å². The van der Waals surface area contributed by atoms with Crippen LogP contribution < -0.4 is 31.9 Å². The lowest BCUT2D eigenvalue weighted by Crippen LogP contribution is -2.18. The second-order valence-electron chi connectivity index (χ2n) is 7.44. The number of ether oxygens (including phenoxy) is 2. The zero-order valence-electron chi connectivity index (χ0n) is 18.9. The van der Waals surface area contributed by atoms with Gasteiger partial charge in [0.1, 0.15) is 29.1 Å². The lowest BCUT2D eigenvalue weighted by atomic mass is 10.0. The van der Waals surface area contributed by atoms with Gasteiger partial charge < -0.3 is 26.3 Å². The van der Waals surface area contributed by atoms with Gasteiger partial charge in [-0.1, -0.05) is 0 Å². The highest BCUT2D eigenvalue weighted by Gasteiger charge is 2.26. The lowest BCUT2D eigenvalue weighted by molar-refractivity contribution is 0.370. The third kappa shape index (κ3) is 4.62. The Kier molecular flexibility index (Phi) is 6.36. The molecule has 4 aromatic rings. The SMILES string of the molecule is COc1cc(OC)c(F)c([C@H](Nc2ccc(C(=N)N)cc2)c2nn(-c3cccnc3N)c(=O)[nH]2)c1. The lowest BCUT2D eigenvalue weighted by Gasteiger charge is -2.21. The molecule has 2 heterocycles. The van der Waals surface area contributed by atoms with Gasteiger partial charge in [-0.3, -0.25) is 10.4 Å². The molecule has 0 amide bonds. The van der Waals surface area contributed by atoms with E-state index < -0.39 is 17.5 Å². The molecule has 0 radical (unpaired) electrons. The molecule has 180 valence electrons. The van der Waals surface area contributed by atoms with E-state index in [0.29, 0.717) is 17.0 Å². The number of anilines is 2. The first kappa shape index (κ1) is 23.3. The van der Waals surface area contributed by atoms with Crippen LogP contribution >= 0.6 is 0 Å². The fourth-order valence-corrected chi connectivity index (χ4v) is 3.50. The molecule has 0 bridgehead atoms. The van der Waals surface area contributed by atoms with Crippen LogP contribution in [0.25, 0.3) is 5.69 Å².